The lowest BCUT2D eigenvalue weighted by molar-refractivity contribution is -0.135. The molecule has 48 heavy (non-hydrogen) atoms. The van der Waals surface area contributed by atoms with Crippen LogP contribution in [0, 0.1) is 5.82 Å². The molecule has 1 aliphatic heterocycles. The molecule has 6 rings (SSSR count). The molecule has 0 aliphatic carbocycles. The number of tetrazole rings is 1. The number of benzene rings is 3. The monoisotopic (exact) mass is 670 g/mol. The Labute approximate surface area is 277 Å². The van der Waals surface area contributed by atoms with Crippen LogP contribution in [0.2, 0.25) is 5.02 Å². The van der Waals surface area contributed by atoms with E-state index in [0.717, 1.165) is 16.7 Å². The first kappa shape index (κ1) is 32.2. The van der Waals surface area contributed by atoms with Crippen molar-refractivity contribution in [3.8, 4) is 16.8 Å². The highest BCUT2D eigenvalue weighted by atomic mass is 35.5. The van der Waals surface area contributed by atoms with E-state index in [1.807, 2.05) is 12.3 Å². The predicted octanol–water partition coefficient (Wildman–Crippen LogP) is 4.18. The molecular weight excluding hydrogens is 643 g/mol. The van der Waals surface area contributed by atoms with Crippen LogP contribution in [0.25, 0.3) is 22.9 Å². The van der Waals surface area contributed by atoms with Crippen LogP contribution in [0.3, 0.4) is 0 Å². The number of halogens is 2. The number of nitrogens with one attached hydrogen (secondary N) is 1. The Bertz CT molecular complexity index is 2010. The fourth-order valence-electron chi connectivity index (χ4n) is 5.66. The zero-order chi connectivity index (χ0) is 33.8. The number of nitrogens with zero attached hydrogens (tertiary/aromatic N) is 7. The second-order valence-corrected chi connectivity index (χ2v) is 11.3. The summed E-state index contributed by atoms with van der Waals surface area (Å²) in [5.41, 5.74) is 3.73. The van der Waals surface area contributed by atoms with Crippen molar-refractivity contribution in [2.75, 3.05) is 18.5 Å². The minimum atomic E-state index is -1.11. The van der Waals surface area contributed by atoms with E-state index in [9.17, 15) is 24.6 Å². The van der Waals surface area contributed by atoms with Gasteiger partial charge in [-0.2, -0.15) is 9.78 Å². The van der Waals surface area contributed by atoms with Gasteiger partial charge in [-0.3, -0.25) is 14.3 Å². The number of aryl methyl sites for hydroxylation is 1. The summed E-state index contributed by atoms with van der Waals surface area (Å²) >= 11 is 6.06. The van der Waals surface area contributed by atoms with Gasteiger partial charge in [-0.05, 0) is 82.4 Å². The summed E-state index contributed by atoms with van der Waals surface area (Å²) < 4.78 is 18.2. The van der Waals surface area contributed by atoms with Crippen LogP contribution < -0.4 is 5.32 Å². The predicted molar refractivity (Wildman–Crippen MR) is 173 cm³/mol. The van der Waals surface area contributed by atoms with Crippen LogP contribution in [0.15, 0.2) is 79.4 Å². The van der Waals surface area contributed by atoms with E-state index < -0.39 is 29.6 Å². The molecule has 1 atom stereocenters. The van der Waals surface area contributed by atoms with Crippen LogP contribution in [0.5, 0.6) is 0 Å². The maximum absolute atomic E-state index is 15.2. The number of carboxylic acid groups (broad SMARTS) is 1. The number of carboxylic acids is 1. The number of amides is 2. The normalized spacial score (nSPS) is 14.2. The zero-order valence-corrected chi connectivity index (χ0v) is 26.0. The minimum Gasteiger partial charge on any atom is -0.478 e. The summed E-state index contributed by atoms with van der Waals surface area (Å²) in [6.07, 6.45) is 8.26. The Kier molecular flexibility index (Phi) is 9.36. The Morgan fingerprint density at radius 3 is 2.65 bits per heavy atom. The lowest BCUT2D eigenvalue weighted by atomic mass is 9.86. The smallest absolute Gasteiger partial charge is 0.335 e. The van der Waals surface area contributed by atoms with E-state index in [2.05, 4.69) is 25.9 Å². The molecule has 3 heterocycles. The number of aromatic nitrogens is 6. The first-order chi connectivity index (χ1) is 23.2. The van der Waals surface area contributed by atoms with Gasteiger partial charge < -0.3 is 20.4 Å². The van der Waals surface area contributed by atoms with E-state index >= 15 is 4.39 Å². The van der Waals surface area contributed by atoms with Crippen molar-refractivity contribution in [2.24, 2.45) is 0 Å². The molecule has 2 amide bonds. The zero-order valence-electron chi connectivity index (χ0n) is 25.2. The van der Waals surface area contributed by atoms with E-state index in [1.54, 1.807) is 23.0 Å². The molecule has 13 nitrogen and oxygen atoms in total. The fourth-order valence-corrected chi connectivity index (χ4v) is 5.83. The number of hydrogen-bond acceptors (Lipinski definition) is 8. The molecule has 0 saturated carbocycles. The van der Waals surface area contributed by atoms with Crippen molar-refractivity contribution >= 4 is 41.1 Å². The average molecular weight is 671 g/mol. The van der Waals surface area contributed by atoms with Crippen molar-refractivity contribution < 1.29 is 29.0 Å². The van der Waals surface area contributed by atoms with Gasteiger partial charge in [0.05, 0.1) is 22.5 Å². The highest BCUT2D eigenvalue weighted by Crippen LogP contribution is 2.37. The van der Waals surface area contributed by atoms with Gasteiger partial charge in [0, 0.05) is 48.8 Å². The molecule has 3 N–H and O–H groups in total. The van der Waals surface area contributed by atoms with Gasteiger partial charge in [0.15, 0.2) is 5.82 Å². The third kappa shape index (κ3) is 6.56. The maximum atomic E-state index is 15.2. The van der Waals surface area contributed by atoms with Gasteiger partial charge in [0.2, 0.25) is 5.91 Å². The lowest BCUT2D eigenvalue weighted by Crippen LogP contribution is -2.45. The Balaban J connectivity index is 1.37. The standard InChI is InChI=1S/C33H28ClFN8O5/c34-27-10-11-28(43-19-36-39-40-43)26(30(27)35)9-12-29(45)42-15-13-24-23(21-17-37-41(18-21)14-2-16-44)3-1-4-25(24)31(42)32(46)38-22-7-5-20(6-8-22)33(47)48/h1,3-12,17-19,31,44H,2,13-16H2,(H,38,46)(H,47,48)/b12-9+. The molecule has 5 aromatic rings. The minimum absolute atomic E-state index is 0.0272. The van der Waals surface area contributed by atoms with Crippen molar-refractivity contribution in [3.05, 3.63) is 112 Å². The van der Waals surface area contributed by atoms with Crippen molar-refractivity contribution in [3.63, 3.8) is 0 Å². The molecular formula is C33H28ClFN8O5. The van der Waals surface area contributed by atoms with Gasteiger partial charge in [-0.25, -0.2) is 9.18 Å². The highest BCUT2D eigenvalue weighted by molar-refractivity contribution is 6.31. The number of anilines is 1. The Hall–Kier alpha value is -5.73. The van der Waals surface area contributed by atoms with Crippen LogP contribution in [0.1, 0.15) is 39.5 Å². The number of aliphatic hydroxyl groups is 1. The summed E-state index contributed by atoms with van der Waals surface area (Å²) in [7, 11) is 0. The third-order valence-electron chi connectivity index (χ3n) is 7.94. The number of rotatable bonds is 10. The summed E-state index contributed by atoms with van der Waals surface area (Å²) in [5.74, 6) is -2.98. The number of aliphatic hydroxyl groups excluding tert-OH is 1. The molecule has 2 aromatic heterocycles. The molecule has 3 aromatic carbocycles. The van der Waals surface area contributed by atoms with E-state index in [1.165, 1.54) is 64.5 Å². The number of carbonyl (C=O) groups is 3. The van der Waals surface area contributed by atoms with Gasteiger partial charge >= 0.3 is 5.97 Å². The second kappa shape index (κ2) is 13.9. The number of hydrogen-bond donors (Lipinski definition) is 3. The number of aromatic carboxylic acids is 1. The van der Waals surface area contributed by atoms with Crippen LogP contribution in [-0.4, -0.2) is 76.0 Å². The van der Waals surface area contributed by atoms with E-state index in [0.29, 0.717) is 30.6 Å². The number of fused-ring (bicyclic) bond motifs is 1. The van der Waals surface area contributed by atoms with Crippen molar-refractivity contribution in [1.82, 2.24) is 34.9 Å². The molecule has 15 heteroatoms. The molecule has 244 valence electrons. The summed E-state index contributed by atoms with van der Waals surface area (Å²) in [4.78, 5) is 40.6. The van der Waals surface area contributed by atoms with E-state index in [-0.39, 0.29) is 35.0 Å². The van der Waals surface area contributed by atoms with Gasteiger partial charge in [-0.15, -0.1) is 5.10 Å². The Morgan fingerprint density at radius 2 is 1.92 bits per heavy atom. The van der Waals surface area contributed by atoms with Crippen LogP contribution >= 0.6 is 11.6 Å². The molecule has 0 fully saturated rings. The first-order valence-corrected chi connectivity index (χ1v) is 15.2. The van der Waals surface area contributed by atoms with Crippen molar-refractivity contribution in [1.29, 1.82) is 0 Å². The summed E-state index contributed by atoms with van der Waals surface area (Å²) in [6.45, 7) is 0.723. The molecule has 0 spiro atoms. The van der Waals surface area contributed by atoms with Gasteiger partial charge in [0.25, 0.3) is 5.91 Å². The highest BCUT2D eigenvalue weighted by Gasteiger charge is 2.36. The summed E-state index contributed by atoms with van der Waals surface area (Å²) in [6, 6.07) is 12.9. The Morgan fingerprint density at radius 1 is 1.10 bits per heavy atom. The van der Waals surface area contributed by atoms with Crippen LogP contribution in [-0.2, 0) is 22.6 Å². The average Bonchev–Trinajstić information content (AvgIpc) is 3.80. The third-order valence-corrected chi connectivity index (χ3v) is 8.23. The van der Waals surface area contributed by atoms with Gasteiger partial charge in [0.1, 0.15) is 12.4 Å². The first-order valence-electron chi connectivity index (χ1n) is 14.8. The maximum Gasteiger partial charge on any atom is 0.335 e. The molecule has 1 unspecified atom stereocenters. The lowest BCUT2D eigenvalue weighted by Gasteiger charge is -2.36. The van der Waals surface area contributed by atoms with Crippen LogP contribution in [0.4, 0.5) is 10.1 Å². The molecule has 0 saturated heterocycles. The number of carbonyl (C=O) groups excluding carboxylic acids is 2. The summed E-state index contributed by atoms with van der Waals surface area (Å²) in [5, 5.41) is 36.5. The largest absolute Gasteiger partial charge is 0.478 e. The second-order valence-electron chi connectivity index (χ2n) is 10.9. The SMILES string of the molecule is O=C(O)c1ccc(NC(=O)C2c3cccc(-c4cnn(CCCO)c4)c3CCN2C(=O)/C=C/c2c(-n3cnnn3)ccc(Cl)c2F)cc1. The molecule has 0 bridgehead atoms. The quantitative estimate of drug-likeness (QED) is 0.185. The topological polar surface area (TPSA) is 168 Å². The molecule has 0 radical (unpaired) electrons. The van der Waals surface area contributed by atoms with Crippen molar-refractivity contribution in [2.45, 2.75) is 25.4 Å². The molecule has 1 aliphatic rings. The van der Waals surface area contributed by atoms with E-state index in [4.69, 9.17) is 11.6 Å². The van der Waals surface area contributed by atoms with Gasteiger partial charge in [-0.1, -0.05) is 29.8 Å². The fraction of sp³-hybridized carbons (Fsp3) is 0.182.